The van der Waals surface area contributed by atoms with Crippen molar-refractivity contribution in [2.45, 2.75) is 5.54 Å². The highest BCUT2D eigenvalue weighted by molar-refractivity contribution is 5.82. The number of benzene rings is 3. The first kappa shape index (κ1) is 19.3. The summed E-state index contributed by atoms with van der Waals surface area (Å²) in [7, 11) is 0. The van der Waals surface area contributed by atoms with Crippen LogP contribution in [-0.2, 0) is 5.54 Å². The molecule has 0 aliphatic rings. The zero-order valence-corrected chi connectivity index (χ0v) is 17.0. The molecule has 5 aromatic rings. The van der Waals surface area contributed by atoms with Gasteiger partial charge in [0.1, 0.15) is 22.6 Å². The molecular formula is C26H19N5O. The van der Waals surface area contributed by atoms with Crippen molar-refractivity contribution in [1.29, 1.82) is 5.26 Å². The molecule has 0 atom stereocenters. The van der Waals surface area contributed by atoms with Crippen molar-refractivity contribution in [2.75, 3.05) is 5.32 Å². The standard InChI is InChI=1S/C26H19N5O/c27-16-18-17-28-23-22(18)24(32)30-25(29-23)31-26(19-10-4-1-5-11-19,20-12-6-2-7-13-20)21-14-8-3-9-15-21/h1-15,17H,(H3,28,29,30,31,32). The molecule has 2 heterocycles. The van der Waals surface area contributed by atoms with E-state index in [1.54, 1.807) is 0 Å². The predicted octanol–water partition coefficient (Wildman–Crippen LogP) is 4.53. The van der Waals surface area contributed by atoms with Crippen molar-refractivity contribution >= 4 is 17.0 Å². The van der Waals surface area contributed by atoms with Crippen LogP contribution in [0.25, 0.3) is 11.0 Å². The number of nitriles is 1. The summed E-state index contributed by atoms with van der Waals surface area (Å²) in [4.78, 5) is 23.2. The van der Waals surface area contributed by atoms with Crippen molar-refractivity contribution < 1.29 is 0 Å². The van der Waals surface area contributed by atoms with Gasteiger partial charge in [-0.05, 0) is 16.7 Å². The van der Waals surface area contributed by atoms with Crippen molar-refractivity contribution in [3.05, 3.63) is 130 Å². The molecule has 0 radical (unpaired) electrons. The zero-order valence-electron chi connectivity index (χ0n) is 17.0. The zero-order chi connectivity index (χ0) is 22.0. The maximum absolute atomic E-state index is 12.8. The molecule has 0 fully saturated rings. The van der Waals surface area contributed by atoms with E-state index in [2.05, 4.69) is 20.3 Å². The van der Waals surface area contributed by atoms with Gasteiger partial charge in [-0.15, -0.1) is 0 Å². The fourth-order valence-electron chi connectivity index (χ4n) is 4.15. The van der Waals surface area contributed by atoms with Crippen LogP contribution >= 0.6 is 0 Å². The molecule has 0 bridgehead atoms. The number of fused-ring (bicyclic) bond motifs is 1. The molecule has 32 heavy (non-hydrogen) atoms. The first-order valence-electron chi connectivity index (χ1n) is 10.2. The van der Waals surface area contributed by atoms with Gasteiger partial charge in [-0.1, -0.05) is 91.0 Å². The summed E-state index contributed by atoms with van der Waals surface area (Å²) in [5.74, 6) is 0.297. The Morgan fingerprint density at radius 3 is 1.78 bits per heavy atom. The Kier molecular flexibility index (Phi) is 4.77. The van der Waals surface area contributed by atoms with E-state index in [9.17, 15) is 10.1 Å². The smallest absolute Gasteiger partial charge is 0.263 e. The minimum atomic E-state index is -0.821. The summed E-state index contributed by atoms with van der Waals surface area (Å²) in [6, 6.07) is 32.1. The lowest BCUT2D eigenvalue weighted by Crippen LogP contribution is -2.39. The van der Waals surface area contributed by atoms with E-state index < -0.39 is 5.54 Å². The Morgan fingerprint density at radius 2 is 1.31 bits per heavy atom. The van der Waals surface area contributed by atoms with E-state index in [-0.39, 0.29) is 16.5 Å². The molecule has 2 aromatic heterocycles. The third-order valence-electron chi connectivity index (χ3n) is 5.59. The van der Waals surface area contributed by atoms with E-state index in [0.29, 0.717) is 11.6 Å². The minimum Gasteiger partial charge on any atom is -0.344 e. The van der Waals surface area contributed by atoms with Gasteiger partial charge in [-0.25, -0.2) is 0 Å². The molecule has 5 rings (SSSR count). The Hall–Kier alpha value is -4.63. The number of nitrogens with zero attached hydrogens (tertiary/aromatic N) is 2. The van der Waals surface area contributed by atoms with Crippen LogP contribution in [-0.4, -0.2) is 15.0 Å². The highest BCUT2D eigenvalue weighted by Gasteiger charge is 2.37. The average molecular weight is 417 g/mol. The molecule has 0 amide bonds. The molecule has 0 aliphatic heterocycles. The van der Waals surface area contributed by atoms with E-state index in [1.807, 2.05) is 97.1 Å². The second kappa shape index (κ2) is 7.89. The molecule has 0 unspecified atom stereocenters. The minimum absolute atomic E-state index is 0.253. The quantitative estimate of drug-likeness (QED) is 0.366. The number of nitrogens with one attached hydrogen (secondary N) is 3. The SMILES string of the molecule is N#Cc1c[nH]c2nc(NC(c3ccccc3)(c3ccccc3)c3ccccc3)[nH]c(=O)c12. The second-order valence-electron chi connectivity index (χ2n) is 7.43. The van der Waals surface area contributed by atoms with Crippen LogP contribution in [0.2, 0.25) is 0 Å². The number of aromatic amines is 2. The molecule has 0 saturated carbocycles. The van der Waals surface area contributed by atoms with Gasteiger partial charge in [0.15, 0.2) is 0 Å². The Labute approximate surface area is 184 Å². The lowest BCUT2D eigenvalue weighted by molar-refractivity contribution is 0.700. The summed E-state index contributed by atoms with van der Waals surface area (Å²) in [5, 5.41) is 13.1. The second-order valence-corrected chi connectivity index (χ2v) is 7.43. The first-order chi connectivity index (χ1) is 15.7. The summed E-state index contributed by atoms with van der Waals surface area (Å²) >= 11 is 0. The van der Waals surface area contributed by atoms with Gasteiger partial charge in [-0.3, -0.25) is 9.78 Å². The summed E-state index contributed by atoms with van der Waals surface area (Å²) in [6.45, 7) is 0. The van der Waals surface area contributed by atoms with Crippen molar-refractivity contribution in [2.24, 2.45) is 0 Å². The molecule has 3 N–H and O–H groups in total. The first-order valence-corrected chi connectivity index (χ1v) is 10.2. The van der Waals surface area contributed by atoms with Crippen LogP contribution in [0.15, 0.2) is 102 Å². The maximum atomic E-state index is 12.8. The average Bonchev–Trinajstić information content (AvgIpc) is 3.28. The van der Waals surface area contributed by atoms with Crippen molar-refractivity contribution in [3.8, 4) is 6.07 Å². The van der Waals surface area contributed by atoms with Gasteiger partial charge < -0.3 is 10.3 Å². The highest BCUT2D eigenvalue weighted by atomic mass is 16.1. The number of rotatable bonds is 5. The molecule has 3 aromatic carbocycles. The van der Waals surface area contributed by atoms with Crippen LogP contribution in [0.4, 0.5) is 5.95 Å². The summed E-state index contributed by atoms with van der Waals surface area (Å²) in [5.41, 5.74) is 2.39. The lowest BCUT2D eigenvalue weighted by atomic mass is 9.77. The molecule has 6 nitrogen and oxygen atoms in total. The van der Waals surface area contributed by atoms with Gasteiger partial charge in [0.05, 0.1) is 5.56 Å². The van der Waals surface area contributed by atoms with E-state index in [0.717, 1.165) is 16.7 Å². The number of hydrogen-bond acceptors (Lipinski definition) is 4. The normalized spacial score (nSPS) is 11.2. The summed E-state index contributed by atoms with van der Waals surface area (Å²) < 4.78 is 0. The van der Waals surface area contributed by atoms with Crippen molar-refractivity contribution in [1.82, 2.24) is 15.0 Å². The van der Waals surface area contributed by atoms with E-state index in [1.165, 1.54) is 6.20 Å². The molecule has 0 aliphatic carbocycles. The van der Waals surface area contributed by atoms with Gasteiger partial charge in [0.25, 0.3) is 5.56 Å². The monoisotopic (exact) mass is 417 g/mol. The number of anilines is 1. The topological polar surface area (TPSA) is 97.4 Å². The van der Waals surface area contributed by atoms with Crippen LogP contribution < -0.4 is 10.9 Å². The molecule has 6 heteroatoms. The van der Waals surface area contributed by atoms with Crippen molar-refractivity contribution in [3.63, 3.8) is 0 Å². The fourth-order valence-corrected chi connectivity index (χ4v) is 4.15. The van der Waals surface area contributed by atoms with E-state index in [4.69, 9.17) is 0 Å². The highest BCUT2D eigenvalue weighted by Crippen LogP contribution is 2.39. The largest absolute Gasteiger partial charge is 0.344 e. The third kappa shape index (κ3) is 3.13. The fraction of sp³-hybridized carbons (Fsp3) is 0.0385. The van der Waals surface area contributed by atoms with Crippen LogP contribution in [0.3, 0.4) is 0 Å². The van der Waals surface area contributed by atoms with Crippen LogP contribution in [0.1, 0.15) is 22.3 Å². The summed E-state index contributed by atoms with van der Waals surface area (Å²) in [6.07, 6.45) is 1.50. The van der Waals surface area contributed by atoms with Gasteiger partial charge in [0, 0.05) is 6.20 Å². The van der Waals surface area contributed by atoms with Crippen LogP contribution in [0, 0.1) is 11.3 Å². The number of hydrogen-bond donors (Lipinski definition) is 3. The molecule has 154 valence electrons. The molecule has 0 spiro atoms. The molecule has 0 saturated heterocycles. The van der Waals surface area contributed by atoms with Gasteiger partial charge in [0.2, 0.25) is 5.95 Å². The number of aromatic nitrogens is 3. The Bertz CT molecular complexity index is 1370. The molecular weight excluding hydrogens is 398 g/mol. The Morgan fingerprint density at radius 1 is 0.812 bits per heavy atom. The Balaban J connectivity index is 1.78. The number of H-pyrrole nitrogens is 2. The van der Waals surface area contributed by atoms with Crippen LogP contribution in [0.5, 0.6) is 0 Å². The lowest BCUT2D eigenvalue weighted by Gasteiger charge is -2.37. The maximum Gasteiger partial charge on any atom is 0.263 e. The van der Waals surface area contributed by atoms with Gasteiger partial charge in [-0.2, -0.15) is 10.2 Å². The predicted molar refractivity (Wildman–Crippen MR) is 124 cm³/mol. The van der Waals surface area contributed by atoms with Gasteiger partial charge >= 0.3 is 0 Å². The van der Waals surface area contributed by atoms with E-state index >= 15 is 0 Å². The third-order valence-corrected chi connectivity index (χ3v) is 5.59.